The van der Waals surface area contributed by atoms with E-state index < -0.39 is 16.4 Å². The van der Waals surface area contributed by atoms with Gasteiger partial charge in [-0.3, -0.25) is 0 Å². The second kappa shape index (κ2) is 10.6. The lowest BCUT2D eigenvalue weighted by Gasteiger charge is -2.09. The summed E-state index contributed by atoms with van der Waals surface area (Å²) >= 11 is 7.12. The quantitative estimate of drug-likeness (QED) is 0.341. The zero-order valence-corrected chi connectivity index (χ0v) is 22.0. The molecule has 0 bridgehead atoms. The third kappa shape index (κ3) is 5.74. The van der Waals surface area contributed by atoms with E-state index in [0.717, 1.165) is 21.4 Å². The number of thiophene rings is 1. The molecule has 0 saturated heterocycles. The van der Waals surface area contributed by atoms with Crippen LogP contribution in [-0.2, 0) is 10.0 Å². The number of likely N-dealkylation sites (N-methyl/N-ethyl adjacent to an activating group) is 1. The molecule has 0 radical (unpaired) electrons. The number of nitrogens with zero attached hydrogens (tertiary/aromatic N) is 4. The predicted molar refractivity (Wildman–Crippen MR) is 137 cm³/mol. The number of nitrogens with one attached hydrogen (secondary N) is 1. The molecule has 1 N–H and O–H groups in total. The molecule has 0 amide bonds. The molecule has 4 aromatic rings. The van der Waals surface area contributed by atoms with Crippen LogP contribution in [0.2, 0.25) is 5.02 Å². The molecule has 7 nitrogen and oxygen atoms in total. The van der Waals surface area contributed by atoms with Crippen molar-refractivity contribution in [2.75, 3.05) is 27.2 Å². The van der Waals surface area contributed by atoms with E-state index in [1.807, 2.05) is 25.9 Å². The normalized spacial score (nSPS) is 11.9. The molecule has 0 atom stereocenters. The van der Waals surface area contributed by atoms with Crippen molar-refractivity contribution < 1.29 is 17.2 Å². The highest BCUT2D eigenvalue weighted by Gasteiger charge is 2.19. The lowest BCUT2D eigenvalue weighted by atomic mass is 10.1. The third-order valence-electron chi connectivity index (χ3n) is 5.19. The monoisotopic (exact) mass is 549 g/mol. The van der Waals surface area contributed by atoms with E-state index in [0.29, 0.717) is 33.3 Å². The molecular formula is C24H22ClF2N5O2S2. The number of aromatic nitrogens is 3. The van der Waals surface area contributed by atoms with Crippen LogP contribution in [0.5, 0.6) is 0 Å². The summed E-state index contributed by atoms with van der Waals surface area (Å²) in [6, 6.07) is 9.56. The van der Waals surface area contributed by atoms with Gasteiger partial charge in [0.15, 0.2) is 5.65 Å². The highest BCUT2D eigenvalue weighted by Crippen LogP contribution is 2.29. The molecule has 3 heterocycles. The van der Waals surface area contributed by atoms with E-state index >= 15 is 0 Å². The number of fused-ring (bicyclic) bond motifs is 1. The van der Waals surface area contributed by atoms with Gasteiger partial charge in [0.25, 0.3) is 6.43 Å². The van der Waals surface area contributed by atoms with Crippen LogP contribution in [0, 0.1) is 18.8 Å². The van der Waals surface area contributed by atoms with Gasteiger partial charge in [0.1, 0.15) is 9.90 Å². The smallest absolute Gasteiger partial charge is 0.280 e. The Bertz CT molecular complexity index is 1590. The number of aryl methyl sites for hydroxylation is 1. The third-order valence-corrected chi connectivity index (χ3v) is 8.57. The molecule has 4 rings (SSSR count). The minimum atomic E-state index is -3.65. The van der Waals surface area contributed by atoms with E-state index in [4.69, 9.17) is 11.6 Å². The zero-order chi connectivity index (χ0) is 26.0. The summed E-state index contributed by atoms with van der Waals surface area (Å²) in [6.45, 7) is 2.67. The molecule has 1 aromatic carbocycles. The minimum absolute atomic E-state index is 0.143. The first-order valence-corrected chi connectivity index (χ1v) is 13.4. The Morgan fingerprint density at radius 1 is 1.19 bits per heavy atom. The first kappa shape index (κ1) is 26.2. The molecule has 0 saturated carbocycles. The van der Waals surface area contributed by atoms with Crippen LogP contribution in [0.1, 0.15) is 28.1 Å². The highest BCUT2D eigenvalue weighted by molar-refractivity contribution is 7.91. The maximum Gasteiger partial charge on any atom is 0.280 e. The molecule has 0 fully saturated rings. The van der Waals surface area contributed by atoms with Gasteiger partial charge in [-0.25, -0.2) is 31.4 Å². The molecule has 3 aromatic heterocycles. The van der Waals surface area contributed by atoms with Crippen LogP contribution >= 0.6 is 22.9 Å². The fourth-order valence-electron chi connectivity index (χ4n) is 3.32. The highest BCUT2D eigenvalue weighted by atomic mass is 35.5. The van der Waals surface area contributed by atoms with Gasteiger partial charge in [-0.2, -0.15) is 5.10 Å². The number of alkyl halides is 2. The Morgan fingerprint density at radius 3 is 2.67 bits per heavy atom. The average molecular weight is 550 g/mol. The SMILES string of the molecule is Cc1cc(-c2cc(C(F)F)n3ncc(C#Cc4ccc(S(=O)(=O)NCCN(C)C)s4)c3n2)ccc1Cl. The Balaban J connectivity index is 1.68. The van der Waals surface area contributed by atoms with E-state index in [1.165, 1.54) is 18.3 Å². The van der Waals surface area contributed by atoms with Gasteiger partial charge in [0.2, 0.25) is 10.0 Å². The van der Waals surface area contributed by atoms with Gasteiger partial charge < -0.3 is 4.90 Å². The summed E-state index contributed by atoms with van der Waals surface area (Å²) in [5, 5.41) is 4.62. The Labute approximate surface area is 216 Å². The van der Waals surface area contributed by atoms with Crippen LogP contribution in [0.15, 0.2) is 46.8 Å². The van der Waals surface area contributed by atoms with Crippen molar-refractivity contribution in [1.82, 2.24) is 24.2 Å². The van der Waals surface area contributed by atoms with Gasteiger partial charge in [-0.1, -0.05) is 29.5 Å². The van der Waals surface area contributed by atoms with Gasteiger partial charge in [0, 0.05) is 23.7 Å². The van der Waals surface area contributed by atoms with Crippen LogP contribution in [0.4, 0.5) is 8.78 Å². The van der Waals surface area contributed by atoms with Crippen molar-refractivity contribution in [2.24, 2.45) is 0 Å². The predicted octanol–water partition coefficient (Wildman–Crippen LogP) is 4.60. The first-order valence-electron chi connectivity index (χ1n) is 10.7. The summed E-state index contributed by atoms with van der Waals surface area (Å²) < 4.78 is 56.4. The second-order valence-corrected chi connectivity index (χ2v) is 11.7. The molecule has 0 aliphatic rings. The van der Waals surface area contributed by atoms with Crippen LogP contribution in [0.25, 0.3) is 16.9 Å². The van der Waals surface area contributed by atoms with Crippen LogP contribution in [-0.4, -0.2) is 55.1 Å². The van der Waals surface area contributed by atoms with Gasteiger partial charge >= 0.3 is 0 Å². The Kier molecular flexibility index (Phi) is 7.73. The molecule has 0 aliphatic carbocycles. The Hall–Kier alpha value is -2.88. The number of rotatable bonds is 7. The van der Waals surface area contributed by atoms with Crippen molar-refractivity contribution in [1.29, 1.82) is 0 Å². The summed E-state index contributed by atoms with van der Waals surface area (Å²) in [5.74, 6) is 5.80. The molecule has 0 unspecified atom stereocenters. The van der Waals surface area contributed by atoms with E-state index in [1.54, 1.807) is 24.3 Å². The molecule has 188 valence electrons. The average Bonchev–Trinajstić information content (AvgIpc) is 3.46. The van der Waals surface area contributed by atoms with Crippen molar-refractivity contribution in [2.45, 2.75) is 17.6 Å². The summed E-state index contributed by atoms with van der Waals surface area (Å²) in [5.41, 5.74) is 1.97. The zero-order valence-electron chi connectivity index (χ0n) is 19.6. The molecule has 0 spiro atoms. The maximum atomic E-state index is 13.8. The first-order chi connectivity index (χ1) is 17.0. The molecule has 36 heavy (non-hydrogen) atoms. The summed E-state index contributed by atoms with van der Waals surface area (Å²) in [7, 11) is 0.0592. The lowest BCUT2D eigenvalue weighted by molar-refractivity contribution is 0.143. The number of halogens is 3. The number of hydrogen-bond acceptors (Lipinski definition) is 6. The standard InChI is InChI=1S/C24H22ClF2N5O2S2/c1-15-12-16(5-8-19(15)25)20-13-21(23(26)27)32-24(30-20)17(14-28-32)4-6-18-7-9-22(35-18)36(33,34)29-10-11-31(2)3/h5,7-9,12-14,23,29H,10-11H2,1-3H3. The van der Waals surface area contributed by atoms with Crippen molar-refractivity contribution in [3.8, 4) is 23.1 Å². The Morgan fingerprint density at radius 2 is 1.97 bits per heavy atom. The van der Waals surface area contributed by atoms with E-state index in [-0.39, 0.29) is 22.1 Å². The fraction of sp³-hybridized carbons (Fsp3) is 0.250. The fourth-order valence-corrected chi connectivity index (χ4v) is 5.66. The molecular weight excluding hydrogens is 528 g/mol. The lowest BCUT2D eigenvalue weighted by Crippen LogP contribution is -2.30. The summed E-state index contributed by atoms with van der Waals surface area (Å²) in [6.07, 6.45) is -1.42. The van der Waals surface area contributed by atoms with Crippen molar-refractivity contribution in [3.05, 3.63) is 69.3 Å². The van der Waals surface area contributed by atoms with Crippen molar-refractivity contribution in [3.63, 3.8) is 0 Å². The topological polar surface area (TPSA) is 79.6 Å². The van der Waals surface area contributed by atoms with Crippen LogP contribution < -0.4 is 4.72 Å². The van der Waals surface area contributed by atoms with Gasteiger partial charge in [-0.05, 0) is 56.9 Å². The molecule has 0 aliphatic heterocycles. The number of hydrogen-bond donors (Lipinski definition) is 1. The van der Waals surface area contributed by atoms with Crippen molar-refractivity contribution >= 4 is 38.6 Å². The number of benzene rings is 1. The minimum Gasteiger partial charge on any atom is -0.308 e. The number of sulfonamides is 1. The second-order valence-electron chi connectivity index (χ2n) is 8.19. The maximum absolute atomic E-state index is 13.8. The summed E-state index contributed by atoms with van der Waals surface area (Å²) in [4.78, 5) is 6.91. The largest absolute Gasteiger partial charge is 0.308 e. The van der Waals surface area contributed by atoms with E-state index in [2.05, 4.69) is 26.6 Å². The molecule has 12 heteroatoms. The van der Waals surface area contributed by atoms with Gasteiger partial charge in [-0.15, -0.1) is 11.3 Å². The van der Waals surface area contributed by atoms with E-state index in [9.17, 15) is 17.2 Å². The van der Waals surface area contributed by atoms with Crippen LogP contribution in [0.3, 0.4) is 0 Å². The van der Waals surface area contributed by atoms with Gasteiger partial charge in [0.05, 0.1) is 22.3 Å².